The van der Waals surface area contributed by atoms with Gasteiger partial charge in [-0.15, -0.1) is 4.91 Å². The van der Waals surface area contributed by atoms with Crippen LogP contribution in [0.15, 0.2) is 82.6 Å². The number of hydrogen-bond donors (Lipinski definition) is 2. The highest BCUT2D eigenvalue weighted by molar-refractivity contribution is 6.12. The van der Waals surface area contributed by atoms with Crippen molar-refractivity contribution in [3.63, 3.8) is 0 Å². The van der Waals surface area contributed by atoms with Crippen molar-refractivity contribution in [2.24, 2.45) is 5.18 Å². The first-order chi connectivity index (χ1) is 21.0. The van der Waals surface area contributed by atoms with Crippen molar-refractivity contribution >= 4 is 23.5 Å². The number of nitroso groups, excluding NO2 is 1. The number of benzene rings is 1. The second kappa shape index (κ2) is 14.2. The Morgan fingerprint density at radius 3 is 2.93 bits per heavy atom. The number of nitrogens with one attached hydrogen (secondary N) is 2. The van der Waals surface area contributed by atoms with Crippen molar-refractivity contribution in [1.82, 2.24) is 9.88 Å². The van der Waals surface area contributed by atoms with Gasteiger partial charge in [-0.3, -0.25) is 9.69 Å². The van der Waals surface area contributed by atoms with E-state index in [1.807, 2.05) is 31.2 Å². The largest absolute Gasteiger partial charge is 0.488 e. The van der Waals surface area contributed by atoms with Crippen molar-refractivity contribution in [3.05, 3.63) is 105 Å². The molecule has 1 aliphatic carbocycles. The molecule has 43 heavy (non-hydrogen) atoms. The molecule has 1 fully saturated rings. The molecular formula is C33H37N5O5. The minimum atomic E-state index is -1.10. The number of pyridine rings is 1. The summed E-state index contributed by atoms with van der Waals surface area (Å²) in [6, 6.07) is 12.6. The lowest BCUT2D eigenvalue weighted by molar-refractivity contribution is -0.114. The summed E-state index contributed by atoms with van der Waals surface area (Å²) >= 11 is 0. The van der Waals surface area contributed by atoms with Gasteiger partial charge in [0.2, 0.25) is 5.88 Å². The van der Waals surface area contributed by atoms with Crippen LogP contribution >= 0.6 is 0 Å². The average molecular weight is 584 g/mol. The van der Waals surface area contributed by atoms with E-state index >= 15 is 0 Å². The van der Waals surface area contributed by atoms with E-state index in [0.29, 0.717) is 30.6 Å². The minimum absolute atomic E-state index is 0.0545. The first-order valence-electron chi connectivity index (χ1n) is 14.6. The van der Waals surface area contributed by atoms with Crippen LogP contribution in [0, 0.1) is 10.3 Å². The molecule has 224 valence electrons. The number of carbonyl (C=O) groups excluding carboxylic acids is 1. The van der Waals surface area contributed by atoms with Gasteiger partial charge in [0, 0.05) is 42.7 Å². The van der Waals surface area contributed by atoms with Crippen molar-refractivity contribution in [2.45, 2.75) is 52.3 Å². The number of rotatable bonds is 11. The number of amides is 1. The SMILES string of the molecule is CCO/C(Nc1cccc(C2=C(OCc3ccc4c(c3)CCN(C3CCOC3)C4)C(C)=CC=CC2)n1)=C(/C=N)C(=O)N=O. The highest BCUT2D eigenvalue weighted by atomic mass is 16.5. The molecule has 3 aliphatic rings. The van der Waals surface area contributed by atoms with Gasteiger partial charge in [0.25, 0.3) is 0 Å². The van der Waals surface area contributed by atoms with Crippen LogP contribution in [0.2, 0.25) is 0 Å². The first-order valence-corrected chi connectivity index (χ1v) is 14.6. The smallest absolute Gasteiger partial charge is 0.323 e. The molecule has 1 aromatic carbocycles. The van der Waals surface area contributed by atoms with E-state index in [1.54, 1.807) is 13.0 Å². The molecule has 1 saturated heterocycles. The van der Waals surface area contributed by atoms with Crippen LogP contribution in [-0.4, -0.2) is 54.4 Å². The monoisotopic (exact) mass is 583 g/mol. The minimum Gasteiger partial charge on any atom is -0.488 e. The molecule has 0 saturated carbocycles. The number of anilines is 1. The summed E-state index contributed by atoms with van der Waals surface area (Å²) in [5.74, 6) is -0.00583. The van der Waals surface area contributed by atoms with Crippen LogP contribution in [0.1, 0.15) is 49.1 Å². The Balaban J connectivity index is 1.37. The average Bonchev–Trinajstić information content (AvgIpc) is 3.51. The molecule has 10 heteroatoms. The van der Waals surface area contributed by atoms with Gasteiger partial charge in [-0.1, -0.05) is 42.5 Å². The number of carbonyl (C=O) groups is 1. The van der Waals surface area contributed by atoms with Crippen molar-refractivity contribution in [1.29, 1.82) is 5.41 Å². The molecular weight excluding hydrogens is 546 g/mol. The van der Waals surface area contributed by atoms with Gasteiger partial charge in [0.15, 0.2) is 0 Å². The van der Waals surface area contributed by atoms with Gasteiger partial charge in [0.05, 0.1) is 18.9 Å². The normalized spacial score (nSPS) is 19.1. The third kappa shape index (κ3) is 7.15. The number of allylic oxidation sites excluding steroid dienone is 5. The summed E-state index contributed by atoms with van der Waals surface area (Å²) in [5.41, 5.74) is 6.18. The second-order valence-electron chi connectivity index (χ2n) is 10.7. The zero-order valence-corrected chi connectivity index (χ0v) is 24.6. The van der Waals surface area contributed by atoms with Crippen molar-refractivity contribution in [2.75, 3.05) is 31.7 Å². The Hall–Kier alpha value is -4.41. The summed E-state index contributed by atoms with van der Waals surface area (Å²) in [7, 11) is 0. The zero-order chi connectivity index (χ0) is 30.2. The molecule has 10 nitrogen and oxygen atoms in total. The second-order valence-corrected chi connectivity index (χ2v) is 10.7. The molecule has 1 aromatic heterocycles. The van der Waals surface area contributed by atoms with E-state index < -0.39 is 5.91 Å². The van der Waals surface area contributed by atoms with Crippen LogP contribution in [0.3, 0.4) is 0 Å². The van der Waals surface area contributed by atoms with Gasteiger partial charge in [0.1, 0.15) is 23.8 Å². The third-order valence-electron chi connectivity index (χ3n) is 7.85. The summed E-state index contributed by atoms with van der Waals surface area (Å²) in [6.45, 7) is 8.09. The topological polar surface area (TPSA) is 126 Å². The van der Waals surface area contributed by atoms with Gasteiger partial charge in [-0.25, -0.2) is 4.98 Å². The van der Waals surface area contributed by atoms with Gasteiger partial charge in [-0.05, 0) is 67.5 Å². The lowest BCUT2D eigenvalue weighted by Gasteiger charge is -2.33. The molecule has 2 aliphatic heterocycles. The summed E-state index contributed by atoms with van der Waals surface area (Å²) < 4.78 is 17.6. The van der Waals surface area contributed by atoms with Crippen LogP contribution < -0.4 is 5.32 Å². The van der Waals surface area contributed by atoms with Crippen LogP contribution in [0.25, 0.3) is 5.57 Å². The number of ether oxygens (including phenoxy) is 3. The first kappa shape index (κ1) is 30.1. The summed E-state index contributed by atoms with van der Waals surface area (Å²) in [4.78, 5) is 30.1. The van der Waals surface area contributed by atoms with Crippen molar-refractivity contribution in [3.8, 4) is 0 Å². The van der Waals surface area contributed by atoms with Gasteiger partial charge < -0.3 is 24.9 Å². The van der Waals surface area contributed by atoms with E-state index in [1.165, 1.54) is 11.1 Å². The number of fused-ring (bicyclic) bond motifs is 1. The van der Waals surface area contributed by atoms with Crippen LogP contribution in [0.5, 0.6) is 0 Å². The number of nitrogens with zero attached hydrogens (tertiary/aromatic N) is 3. The molecule has 1 unspecified atom stereocenters. The van der Waals surface area contributed by atoms with Gasteiger partial charge >= 0.3 is 5.91 Å². The maximum absolute atomic E-state index is 11.9. The van der Waals surface area contributed by atoms with Crippen molar-refractivity contribution < 1.29 is 19.0 Å². The fourth-order valence-electron chi connectivity index (χ4n) is 5.61. The predicted octanol–water partition coefficient (Wildman–Crippen LogP) is 5.67. The molecule has 2 aromatic rings. The van der Waals surface area contributed by atoms with Crippen LogP contribution in [-0.2, 0) is 38.6 Å². The molecule has 3 heterocycles. The maximum Gasteiger partial charge on any atom is 0.323 e. The Morgan fingerprint density at radius 1 is 1.28 bits per heavy atom. The van der Waals surface area contributed by atoms with E-state index in [4.69, 9.17) is 24.6 Å². The Labute approximate surface area is 251 Å². The highest BCUT2D eigenvalue weighted by Gasteiger charge is 2.27. The fraction of sp³-hybridized carbons (Fsp3) is 0.364. The predicted molar refractivity (Wildman–Crippen MR) is 165 cm³/mol. The highest BCUT2D eigenvalue weighted by Crippen LogP contribution is 2.32. The number of aromatic nitrogens is 1. The Morgan fingerprint density at radius 2 is 2.16 bits per heavy atom. The maximum atomic E-state index is 11.9. The fourth-order valence-corrected chi connectivity index (χ4v) is 5.61. The van der Waals surface area contributed by atoms with E-state index in [-0.39, 0.29) is 18.1 Å². The molecule has 5 rings (SSSR count). The Kier molecular flexibility index (Phi) is 9.91. The Bertz CT molecular complexity index is 1500. The molecule has 0 bridgehead atoms. The summed E-state index contributed by atoms with van der Waals surface area (Å²) in [6.07, 6.45) is 9.59. The van der Waals surface area contributed by atoms with Gasteiger partial charge in [-0.2, -0.15) is 0 Å². The third-order valence-corrected chi connectivity index (χ3v) is 7.85. The number of hydrogen-bond acceptors (Lipinski definition) is 9. The van der Waals surface area contributed by atoms with Crippen LogP contribution in [0.4, 0.5) is 5.82 Å². The lowest BCUT2D eigenvalue weighted by atomic mass is 9.96. The van der Waals surface area contributed by atoms with E-state index in [0.717, 1.165) is 67.8 Å². The molecule has 1 amide bonds. The molecule has 1 atom stereocenters. The quantitative estimate of drug-likeness (QED) is 0.150. The standard InChI is InChI=1S/C33H37N5O5/c1-3-42-33(28(18-34)32(39)37-40)36-30-10-6-9-29(35-30)27-8-5-4-7-22(2)31(27)43-20-23-11-12-25-19-38(15-13-24(25)17-23)26-14-16-41-21-26/h4-7,9-12,17-18,26,34H,3,8,13-16,19-21H2,1-2H3,(H,35,36)/b33-28-,34-18?. The zero-order valence-electron chi connectivity index (χ0n) is 24.6. The van der Waals surface area contributed by atoms with E-state index in [9.17, 15) is 9.70 Å². The molecule has 2 N–H and O–H groups in total. The molecule has 0 spiro atoms. The van der Waals surface area contributed by atoms with E-state index in [2.05, 4.69) is 39.7 Å². The lowest BCUT2D eigenvalue weighted by Crippen LogP contribution is -2.39. The molecule has 0 radical (unpaired) electrons. The summed E-state index contributed by atoms with van der Waals surface area (Å²) in [5, 5.41) is 12.9.